The number of nitrogens with zero attached hydrogens (tertiary/aromatic N) is 1. The van der Waals surface area contributed by atoms with Gasteiger partial charge in [0.2, 0.25) is 15.9 Å². The highest BCUT2D eigenvalue weighted by Crippen LogP contribution is 2.32. The number of amides is 1. The maximum Gasteiger partial charge on any atom is 0.223 e. The van der Waals surface area contributed by atoms with E-state index >= 15 is 0 Å². The molecule has 0 aromatic heterocycles. The third kappa shape index (κ3) is 3.92. The molecule has 1 aliphatic carbocycles. The van der Waals surface area contributed by atoms with Crippen LogP contribution in [0.4, 0.5) is 0 Å². The third-order valence-electron chi connectivity index (χ3n) is 4.53. The monoisotopic (exact) mass is 288 g/mol. The normalized spacial score (nSPS) is 27.8. The lowest BCUT2D eigenvalue weighted by Gasteiger charge is -2.34. The Labute approximate surface area is 115 Å². The SMILES string of the molecule is CC(C1CCCCC1)N1CC(CS(N)(=O)=O)CC1=O. The highest BCUT2D eigenvalue weighted by Gasteiger charge is 2.37. The van der Waals surface area contributed by atoms with Crippen LogP contribution in [0.25, 0.3) is 0 Å². The van der Waals surface area contributed by atoms with E-state index < -0.39 is 10.0 Å². The van der Waals surface area contributed by atoms with Gasteiger partial charge in [0, 0.05) is 24.9 Å². The van der Waals surface area contributed by atoms with Gasteiger partial charge in [-0.25, -0.2) is 13.6 Å². The Kier molecular flexibility index (Phi) is 4.50. The van der Waals surface area contributed by atoms with Gasteiger partial charge in [0.15, 0.2) is 0 Å². The van der Waals surface area contributed by atoms with Gasteiger partial charge in [0.25, 0.3) is 0 Å². The molecule has 0 aromatic rings. The zero-order valence-corrected chi connectivity index (χ0v) is 12.4. The summed E-state index contributed by atoms with van der Waals surface area (Å²) in [5, 5.41) is 5.07. The Morgan fingerprint density at radius 1 is 1.32 bits per heavy atom. The van der Waals surface area contributed by atoms with Crippen molar-refractivity contribution in [3.05, 3.63) is 0 Å². The quantitative estimate of drug-likeness (QED) is 0.841. The minimum atomic E-state index is -3.48. The topological polar surface area (TPSA) is 80.5 Å². The van der Waals surface area contributed by atoms with Crippen LogP contribution in [0.2, 0.25) is 0 Å². The van der Waals surface area contributed by atoms with Crippen molar-refractivity contribution < 1.29 is 13.2 Å². The Balaban J connectivity index is 1.95. The van der Waals surface area contributed by atoms with Crippen molar-refractivity contribution in [2.45, 2.75) is 51.5 Å². The van der Waals surface area contributed by atoms with Gasteiger partial charge >= 0.3 is 0 Å². The molecule has 1 amide bonds. The maximum atomic E-state index is 12.0. The fourth-order valence-corrected chi connectivity index (χ4v) is 4.39. The van der Waals surface area contributed by atoms with E-state index in [0.29, 0.717) is 18.9 Å². The minimum Gasteiger partial charge on any atom is -0.339 e. The number of likely N-dealkylation sites (tertiary alicyclic amines) is 1. The number of primary sulfonamides is 1. The second-order valence-corrected chi connectivity index (χ2v) is 7.74. The fourth-order valence-electron chi connectivity index (χ4n) is 3.51. The molecule has 2 unspecified atom stereocenters. The van der Waals surface area contributed by atoms with E-state index in [2.05, 4.69) is 6.92 Å². The summed E-state index contributed by atoms with van der Waals surface area (Å²) in [4.78, 5) is 13.9. The van der Waals surface area contributed by atoms with Crippen LogP contribution in [0.5, 0.6) is 0 Å². The number of carbonyl (C=O) groups is 1. The molecule has 2 aliphatic rings. The highest BCUT2D eigenvalue weighted by molar-refractivity contribution is 7.89. The highest BCUT2D eigenvalue weighted by atomic mass is 32.2. The van der Waals surface area contributed by atoms with E-state index in [-0.39, 0.29) is 23.6 Å². The molecular weight excluding hydrogens is 264 g/mol. The van der Waals surface area contributed by atoms with E-state index in [1.807, 2.05) is 4.90 Å². The number of nitrogens with two attached hydrogens (primary N) is 1. The van der Waals surface area contributed by atoms with Crippen molar-refractivity contribution in [1.82, 2.24) is 4.90 Å². The zero-order valence-electron chi connectivity index (χ0n) is 11.5. The molecule has 110 valence electrons. The van der Waals surface area contributed by atoms with Gasteiger partial charge in [-0.15, -0.1) is 0 Å². The fraction of sp³-hybridized carbons (Fsp3) is 0.923. The molecule has 6 heteroatoms. The van der Waals surface area contributed by atoms with Crippen LogP contribution in [0.1, 0.15) is 45.4 Å². The third-order valence-corrected chi connectivity index (χ3v) is 5.47. The second-order valence-electron chi connectivity index (χ2n) is 6.08. The van der Waals surface area contributed by atoms with Gasteiger partial charge < -0.3 is 4.90 Å². The van der Waals surface area contributed by atoms with Crippen LogP contribution in [0.15, 0.2) is 0 Å². The van der Waals surface area contributed by atoms with Gasteiger partial charge in [0.05, 0.1) is 5.75 Å². The van der Waals surface area contributed by atoms with Crippen molar-refractivity contribution >= 4 is 15.9 Å². The molecular formula is C13H24N2O3S. The van der Waals surface area contributed by atoms with Crippen LogP contribution in [0.3, 0.4) is 0 Å². The lowest BCUT2D eigenvalue weighted by atomic mass is 9.84. The summed E-state index contributed by atoms with van der Waals surface area (Å²) in [7, 11) is -3.48. The van der Waals surface area contributed by atoms with E-state index in [9.17, 15) is 13.2 Å². The maximum absolute atomic E-state index is 12.0. The summed E-state index contributed by atoms with van der Waals surface area (Å²) in [5.41, 5.74) is 0. The molecule has 0 bridgehead atoms. The molecule has 1 saturated carbocycles. The van der Waals surface area contributed by atoms with E-state index in [4.69, 9.17) is 5.14 Å². The first-order chi connectivity index (χ1) is 8.87. The molecule has 2 atom stereocenters. The summed E-state index contributed by atoms with van der Waals surface area (Å²) in [5.74, 6) is 0.457. The summed E-state index contributed by atoms with van der Waals surface area (Å²) < 4.78 is 22.2. The van der Waals surface area contributed by atoms with E-state index in [0.717, 1.165) is 0 Å². The van der Waals surface area contributed by atoms with Crippen LogP contribution in [-0.4, -0.2) is 37.6 Å². The number of carbonyl (C=O) groups excluding carboxylic acids is 1. The molecule has 0 radical (unpaired) electrons. The Hall–Kier alpha value is -0.620. The zero-order chi connectivity index (χ0) is 14.0. The Morgan fingerprint density at radius 3 is 2.53 bits per heavy atom. The number of hydrogen-bond donors (Lipinski definition) is 1. The van der Waals surface area contributed by atoms with Crippen molar-refractivity contribution in [3.63, 3.8) is 0 Å². The summed E-state index contributed by atoms with van der Waals surface area (Å²) >= 11 is 0. The van der Waals surface area contributed by atoms with Gasteiger partial charge in [-0.2, -0.15) is 0 Å². The molecule has 2 fully saturated rings. The van der Waals surface area contributed by atoms with Crippen LogP contribution < -0.4 is 5.14 Å². The van der Waals surface area contributed by atoms with Gasteiger partial charge in [-0.05, 0) is 25.7 Å². The van der Waals surface area contributed by atoms with Crippen molar-refractivity contribution in [2.75, 3.05) is 12.3 Å². The minimum absolute atomic E-state index is 0.0768. The predicted molar refractivity (Wildman–Crippen MR) is 73.8 cm³/mol. The summed E-state index contributed by atoms with van der Waals surface area (Å²) in [6.45, 7) is 2.65. The molecule has 2 rings (SSSR count). The van der Waals surface area contributed by atoms with E-state index in [1.165, 1.54) is 32.1 Å². The van der Waals surface area contributed by atoms with Crippen molar-refractivity contribution in [2.24, 2.45) is 17.0 Å². The second kappa shape index (κ2) is 5.79. The first-order valence-electron chi connectivity index (χ1n) is 7.17. The molecule has 2 N–H and O–H groups in total. The molecule has 0 aromatic carbocycles. The van der Waals surface area contributed by atoms with Crippen molar-refractivity contribution in [1.29, 1.82) is 0 Å². The van der Waals surface area contributed by atoms with Crippen molar-refractivity contribution in [3.8, 4) is 0 Å². The first-order valence-corrected chi connectivity index (χ1v) is 8.88. The molecule has 19 heavy (non-hydrogen) atoms. The molecule has 1 heterocycles. The predicted octanol–water partition coefficient (Wildman–Crippen LogP) is 1.09. The summed E-state index contributed by atoms with van der Waals surface area (Å²) in [6, 6.07) is 0.235. The van der Waals surface area contributed by atoms with Crippen LogP contribution in [0, 0.1) is 11.8 Å². The molecule has 5 nitrogen and oxygen atoms in total. The number of sulfonamides is 1. The molecule has 1 aliphatic heterocycles. The van der Waals surface area contributed by atoms with Gasteiger partial charge in [-0.3, -0.25) is 4.79 Å². The van der Waals surface area contributed by atoms with Crippen LogP contribution >= 0.6 is 0 Å². The van der Waals surface area contributed by atoms with Gasteiger partial charge in [-0.1, -0.05) is 19.3 Å². The lowest BCUT2D eigenvalue weighted by molar-refractivity contribution is -0.130. The van der Waals surface area contributed by atoms with Crippen LogP contribution in [-0.2, 0) is 14.8 Å². The Morgan fingerprint density at radius 2 is 1.95 bits per heavy atom. The van der Waals surface area contributed by atoms with E-state index in [1.54, 1.807) is 0 Å². The smallest absolute Gasteiger partial charge is 0.223 e. The lowest BCUT2D eigenvalue weighted by Crippen LogP contribution is -2.40. The average Bonchev–Trinajstić information content (AvgIpc) is 2.68. The first kappa shape index (κ1) is 14.8. The standard InChI is InChI=1S/C13H24N2O3S/c1-10(12-5-3-2-4-6-12)15-8-11(7-13(15)16)9-19(14,17)18/h10-12H,2-9H2,1H3,(H2,14,17,18). The number of rotatable bonds is 4. The number of hydrogen-bond acceptors (Lipinski definition) is 3. The largest absolute Gasteiger partial charge is 0.339 e. The van der Waals surface area contributed by atoms with Gasteiger partial charge in [0.1, 0.15) is 0 Å². The molecule has 0 spiro atoms. The summed E-state index contributed by atoms with van der Waals surface area (Å²) in [6.07, 6.45) is 6.49. The average molecular weight is 288 g/mol. The molecule has 1 saturated heterocycles. The Bertz CT molecular complexity index is 429.